The van der Waals surface area contributed by atoms with Crippen LogP contribution in [-0.4, -0.2) is 93.7 Å². The molecular weight excluding hydrogens is 686 g/mol. The number of nitrogens with zero attached hydrogens (tertiary/aromatic N) is 5. The number of thiazole rings is 1. The van der Waals surface area contributed by atoms with E-state index in [1.54, 1.807) is 12.1 Å². The predicted molar refractivity (Wildman–Crippen MR) is 171 cm³/mol. The number of aromatic nitrogens is 3. The fourth-order valence-electron chi connectivity index (χ4n) is 5.35. The van der Waals surface area contributed by atoms with Gasteiger partial charge >= 0.3 is 16.4 Å². The largest absolute Gasteiger partial charge is 0.489 e. The van der Waals surface area contributed by atoms with Crippen LogP contribution in [0, 0.1) is 5.92 Å². The first-order valence-electron chi connectivity index (χ1n) is 15.0. The average molecular weight is 723 g/mol. The Hall–Kier alpha value is -4.47. The van der Waals surface area contributed by atoms with Crippen molar-refractivity contribution in [3.8, 4) is 16.9 Å². The topological polar surface area (TPSA) is 252 Å². The molecule has 2 atom stereocenters. The van der Waals surface area contributed by atoms with Crippen LogP contribution in [0.2, 0.25) is 0 Å². The third kappa shape index (κ3) is 8.40. The molecule has 1 amide bonds. The van der Waals surface area contributed by atoms with Crippen LogP contribution in [0.4, 0.5) is 5.13 Å². The lowest BCUT2D eigenvalue weighted by Crippen LogP contribution is -2.68. The van der Waals surface area contributed by atoms with Gasteiger partial charge in [-0.25, -0.2) is 9.78 Å². The van der Waals surface area contributed by atoms with Crippen molar-refractivity contribution in [3.05, 3.63) is 47.7 Å². The van der Waals surface area contributed by atoms with Gasteiger partial charge in [0.1, 0.15) is 30.7 Å². The SMILES string of the molecule is CC1(C)[C@H](CC(=O)/C(=N\O[C@@H](COc2ccc(-c3cn4[n+](c3)CC(OCCCN)C4)cc2)C(=O)O)c2csc(N)n2)C(=O)N1OS(=O)(=O)O. The number of oxime groups is 1. The quantitative estimate of drug-likeness (QED) is 0.0368. The minimum absolute atomic E-state index is 0.0202. The number of amides is 1. The Morgan fingerprint density at radius 2 is 1.98 bits per heavy atom. The van der Waals surface area contributed by atoms with Crippen molar-refractivity contribution >= 4 is 50.2 Å². The van der Waals surface area contributed by atoms with Gasteiger partial charge < -0.3 is 30.9 Å². The molecule has 6 N–H and O–H groups in total. The number of carboxylic acids is 1. The Morgan fingerprint density at radius 3 is 2.57 bits per heavy atom. The number of hydrogen-bond donors (Lipinski definition) is 4. The summed E-state index contributed by atoms with van der Waals surface area (Å²) in [6, 6.07) is 7.03. The Balaban J connectivity index is 1.21. The predicted octanol–water partition coefficient (Wildman–Crippen LogP) is 0.412. The molecule has 2 aliphatic heterocycles. The van der Waals surface area contributed by atoms with Gasteiger partial charge in [-0.15, -0.1) is 20.3 Å². The molecule has 49 heavy (non-hydrogen) atoms. The second-order valence-electron chi connectivity index (χ2n) is 11.8. The van der Waals surface area contributed by atoms with E-state index in [-0.39, 0.29) is 16.9 Å². The molecule has 18 nitrogen and oxygen atoms in total. The lowest BCUT2D eigenvalue weighted by Gasteiger charge is -2.50. The van der Waals surface area contributed by atoms with Gasteiger partial charge in [0.15, 0.2) is 23.2 Å². The molecule has 0 spiro atoms. The van der Waals surface area contributed by atoms with Crippen molar-refractivity contribution in [2.75, 3.05) is 25.5 Å². The number of benzene rings is 1. The van der Waals surface area contributed by atoms with Crippen LogP contribution in [0.3, 0.4) is 0 Å². The van der Waals surface area contributed by atoms with Crippen molar-refractivity contribution < 1.29 is 55.7 Å². The summed E-state index contributed by atoms with van der Waals surface area (Å²) in [5.74, 6) is -3.79. The Labute approximate surface area is 284 Å². The average Bonchev–Trinajstić information content (AvgIpc) is 3.75. The summed E-state index contributed by atoms with van der Waals surface area (Å²) >= 11 is 0.989. The molecule has 1 aromatic carbocycles. The van der Waals surface area contributed by atoms with E-state index in [1.165, 1.54) is 19.2 Å². The van der Waals surface area contributed by atoms with Gasteiger partial charge in [-0.05, 0) is 44.5 Å². The molecule has 1 fully saturated rings. The maximum absolute atomic E-state index is 13.3. The van der Waals surface area contributed by atoms with Crippen molar-refractivity contribution in [1.29, 1.82) is 0 Å². The minimum Gasteiger partial charge on any atom is -0.489 e. The van der Waals surface area contributed by atoms with Gasteiger partial charge in [0.25, 0.3) is 12.0 Å². The van der Waals surface area contributed by atoms with E-state index in [0.29, 0.717) is 24.0 Å². The highest BCUT2D eigenvalue weighted by molar-refractivity contribution is 7.80. The van der Waals surface area contributed by atoms with Crippen LogP contribution in [0.25, 0.3) is 11.1 Å². The zero-order valence-electron chi connectivity index (χ0n) is 26.5. The molecule has 3 aromatic rings. The number of carbonyl (C=O) groups excluding carboxylic acids is 2. The third-order valence-corrected chi connectivity index (χ3v) is 9.00. The number of rotatable bonds is 17. The molecule has 0 unspecified atom stereocenters. The number of anilines is 1. The van der Waals surface area contributed by atoms with Gasteiger partial charge in [-0.3, -0.25) is 14.1 Å². The number of nitrogen functional groups attached to an aromatic ring is 1. The van der Waals surface area contributed by atoms with E-state index < -0.39 is 64.4 Å². The van der Waals surface area contributed by atoms with E-state index in [9.17, 15) is 27.9 Å². The highest BCUT2D eigenvalue weighted by Crippen LogP contribution is 2.40. The monoisotopic (exact) mass is 722 g/mol. The minimum atomic E-state index is -4.99. The lowest BCUT2D eigenvalue weighted by molar-refractivity contribution is -0.760. The van der Waals surface area contributed by atoms with Crippen LogP contribution >= 0.6 is 11.3 Å². The molecule has 2 aromatic heterocycles. The third-order valence-electron chi connectivity index (χ3n) is 7.99. The summed E-state index contributed by atoms with van der Waals surface area (Å²) in [5.41, 5.74) is 11.4. The van der Waals surface area contributed by atoms with E-state index in [0.717, 1.165) is 42.0 Å². The van der Waals surface area contributed by atoms with Crippen LogP contribution in [-0.2, 0) is 51.7 Å². The van der Waals surface area contributed by atoms with Crippen molar-refractivity contribution in [3.63, 3.8) is 0 Å². The number of hydrogen-bond acceptors (Lipinski definition) is 14. The molecule has 0 aliphatic carbocycles. The number of aliphatic carboxylic acids is 1. The summed E-state index contributed by atoms with van der Waals surface area (Å²) in [4.78, 5) is 47.2. The smallest absolute Gasteiger partial charge is 0.418 e. The normalized spacial score (nSPS) is 19.3. The van der Waals surface area contributed by atoms with E-state index in [1.807, 2.05) is 24.5 Å². The second-order valence-corrected chi connectivity index (χ2v) is 13.7. The maximum Gasteiger partial charge on any atom is 0.418 e. The zero-order chi connectivity index (χ0) is 35.5. The number of carbonyl (C=O) groups is 3. The van der Waals surface area contributed by atoms with Crippen LogP contribution in [0.1, 0.15) is 32.4 Å². The maximum atomic E-state index is 13.3. The number of Topliss-reactive ketones (excluding diaryl/α,β-unsaturated/α-hetero) is 1. The van der Waals surface area contributed by atoms with Crippen molar-refractivity contribution in [2.24, 2.45) is 16.8 Å². The molecule has 0 bridgehead atoms. The van der Waals surface area contributed by atoms with E-state index in [4.69, 9.17) is 30.3 Å². The fourth-order valence-corrected chi connectivity index (χ4v) is 6.35. The van der Waals surface area contributed by atoms with Crippen LogP contribution in [0.5, 0.6) is 5.75 Å². The first-order valence-corrected chi connectivity index (χ1v) is 17.3. The van der Waals surface area contributed by atoms with Crippen LogP contribution in [0.15, 0.2) is 47.2 Å². The Bertz CT molecular complexity index is 1820. The van der Waals surface area contributed by atoms with Gasteiger partial charge in [-0.2, -0.15) is 18.2 Å². The Kier molecular flexibility index (Phi) is 10.6. The number of nitrogens with two attached hydrogens (primary N) is 2. The fraction of sp³-hybridized carbons (Fsp3) is 0.448. The number of carboxylic acid groups (broad SMARTS) is 1. The summed E-state index contributed by atoms with van der Waals surface area (Å²) in [6.07, 6.45) is 2.81. The van der Waals surface area contributed by atoms with E-state index in [2.05, 4.69) is 23.8 Å². The van der Waals surface area contributed by atoms with Gasteiger partial charge in [0.05, 0.1) is 23.2 Å². The first kappa shape index (κ1) is 35.8. The highest BCUT2D eigenvalue weighted by atomic mass is 32.3. The van der Waals surface area contributed by atoms with E-state index >= 15 is 0 Å². The number of β-lactam (4-membered cyclic amide) rings is 1. The molecule has 1 saturated heterocycles. The molecule has 0 radical (unpaired) electrons. The molecule has 264 valence electrons. The summed E-state index contributed by atoms with van der Waals surface area (Å²) < 4.78 is 51.2. The van der Waals surface area contributed by atoms with Gasteiger partial charge in [0, 0.05) is 18.4 Å². The number of ether oxygens (including phenoxy) is 2. The summed E-state index contributed by atoms with van der Waals surface area (Å²) in [6.45, 7) is 5.06. The molecule has 0 saturated carbocycles. The highest BCUT2D eigenvalue weighted by Gasteiger charge is 2.57. The summed E-state index contributed by atoms with van der Waals surface area (Å²) in [7, 11) is -4.99. The molecule has 5 rings (SSSR count). The molecular formula is C29H36N7O11S2+. The molecule has 2 aliphatic rings. The number of fused-ring (bicyclic) bond motifs is 1. The molecule has 20 heteroatoms. The zero-order valence-corrected chi connectivity index (χ0v) is 28.1. The van der Waals surface area contributed by atoms with Crippen molar-refractivity contribution in [1.82, 2.24) is 14.7 Å². The lowest BCUT2D eigenvalue weighted by atomic mass is 9.74. The summed E-state index contributed by atoms with van der Waals surface area (Å²) in [5, 5.41) is 15.5. The standard InChI is InChI=1S/C29H35N7O11S2/c1-29(2)21(26(38)36(29)47-49(41,42)43)10-23(37)25(22-16-48-28(31)32-22)33-46-24(27(39)40)15-45-19-6-4-17(5-7-19)18-11-34-13-20(14-35(34)12-18)44-9-3-8-30/h4-7,11-12,16,20-21,24H,3,8-10,13-15,30H2,1-2H3,(H3-,31,32,39,40,41,42,43)/p+1/b33-25-/t21-,24+/m1/s1. The van der Waals surface area contributed by atoms with Gasteiger partial charge in [0.2, 0.25) is 6.20 Å². The Morgan fingerprint density at radius 1 is 1.24 bits per heavy atom. The van der Waals surface area contributed by atoms with Crippen LogP contribution < -0.4 is 20.9 Å². The first-order chi connectivity index (χ1) is 23.2. The van der Waals surface area contributed by atoms with Crippen molar-refractivity contribution in [2.45, 2.75) is 57.5 Å². The number of ketones is 1. The van der Waals surface area contributed by atoms with Gasteiger partial charge in [-0.1, -0.05) is 17.3 Å². The number of hydroxylamine groups is 2. The second kappa shape index (κ2) is 14.6. The molecule has 4 heterocycles.